The highest BCUT2D eigenvalue weighted by molar-refractivity contribution is 6.31. The van der Waals surface area contributed by atoms with E-state index in [2.05, 4.69) is 20.3 Å². The van der Waals surface area contributed by atoms with Crippen molar-refractivity contribution in [1.29, 1.82) is 0 Å². The number of anilines is 1. The molecular weight excluding hydrogens is 387 g/mol. The Bertz CT molecular complexity index is 1120. The van der Waals surface area contributed by atoms with Crippen LogP contribution >= 0.6 is 11.6 Å². The van der Waals surface area contributed by atoms with Gasteiger partial charge in [0.15, 0.2) is 0 Å². The number of hydrogen-bond acceptors (Lipinski definition) is 4. The predicted molar refractivity (Wildman–Crippen MR) is 115 cm³/mol. The Morgan fingerprint density at radius 1 is 0.931 bits per heavy atom. The summed E-state index contributed by atoms with van der Waals surface area (Å²) in [5, 5.41) is 5.19. The number of nitrogens with one attached hydrogen (secondary N) is 1. The van der Waals surface area contributed by atoms with Crippen molar-refractivity contribution in [3.8, 4) is 0 Å². The zero-order valence-electron chi connectivity index (χ0n) is 15.8. The second kappa shape index (κ2) is 8.97. The molecule has 4 aromatic rings. The minimum absolute atomic E-state index is 0.227. The van der Waals surface area contributed by atoms with Gasteiger partial charge in [-0.25, -0.2) is 14.4 Å². The summed E-state index contributed by atoms with van der Waals surface area (Å²) in [6, 6.07) is 16.1. The fourth-order valence-corrected chi connectivity index (χ4v) is 3.38. The molecule has 0 unspecified atom stereocenters. The summed E-state index contributed by atoms with van der Waals surface area (Å²) in [7, 11) is 0. The van der Waals surface area contributed by atoms with Gasteiger partial charge < -0.3 is 5.32 Å². The Kier molecular flexibility index (Phi) is 5.96. The highest BCUT2D eigenvalue weighted by Gasteiger charge is 2.04. The van der Waals surface area contributed by atoms with E-state index in [0.29, 0.717) is 11.4 Å². The van der Waals surface area contributed by atoms with Gasteiger partial charge in [0.05, 0.1) is 5.52 Å². The lowest BCUT2D eigenvalue weighted by molar-refractivity contribution is 0.627. The summed E-state index contributed by atoms with van der Waals surface area (Å²) in [6.07, 6.45) is 5.91. The summed E-state index contributed by atoms with van der Waals surface area (Å²) in [5.41, 5.74) is 3.88. The number of pyridine rings is 1. The number of halogens is 2. The van der Waals surface area contributed by atoms with E-state index in [0.717, 1.165) is 53.1 Å². The van der Waals surface area contributed by atoms with Crippen molar-refractivity contribution < 1.29 is 4.39 Å². The van der Waals surface area contributed by atoms with Crippen molar-refractivity contribution in [2.75, 3.05) is 11.9 Å². The summed E-state index contributed by atoms with van der Waals surface area (Å²) in [5.74, 6) is 0.590. The molecule has 2 aromatic carbocycles. The Morgan fingerprint density at radius 2 is 1.76 bits per heavy atom. The van der Waals surface area contributed by atoms with Crippen molar-refractivity contribution in [2.24, 2.45) is 0 Å². The molecule has 0 aliphatic heterocycles. The van der Waals surface area contributed by atoms with E-state index in [-0.39, 0.29) is 5.82 Å². The largest absolute Gasteiger partial charge is 0.384 e. The highest BCUT2D eigenvalue weighted by Crippen LogP contribution is 2.24. The van der Waals surface area contributed by atoms with Gasteiger partial charge in [-0.2, -0.15) is 0 Å². The molecule has 0 radical (unpaired) electrons. The maximum absolute atomic E-state index is 13.0. The quantitative estimate of drug-likeness (QED) is 0.414. The number of fused-ring (bicyclic) bond motifs is 1. The van der Waals surface area contributed by atoms with Gasteiger partial charge in [0.1, 0.15) is 11.6 Å². The van der Waals surface area contributed by atoms with Crippen LogP contribution in [0.3, 0.4) is 0 Å². The lowest BCUT2D eigenvalue weighted by Crippen LogP contribution is -2.06. The molecule has 4 rings (SSSR count). The van der Waals surface area contributed by atoms with Gasteiger partial charge in [-0.05, 0) is 54.4 Å². The first kappa shape index (κ1) is 19.3. The number of nitrogens with zero attached hydrogens (tertiary/aromatic N) is 3. The fraction of sp³-hybridized carbons (Fsp3) is 0.174. The third-order valence-electron chi connectivity index (χ3n) is 4.66. The molecule has 2 heterocycles. The molecule has 0 atom stereocenters. The third kappa shape index (κ3) is 5.06. The lowest BCUT2D eigenvalue weighted by atomic mass is 10.1. The molecule has 0 aliphatic rings. The molecule has 4 nitrogen and oxygen atoms in total. The molecule has 6 heteroatoms. The molecule has 0 saturated heterocycles. The lowest BCUT2D eigenvalue weighted by Gasteiger charge is -2.09. The van der Waals surface area contributed by atoms with Crippen LogP contribution in [0, 0.1) is 5.82 Å². The van der Waals surface area contributed by atoms with E-state index in [1.54, 1.807) is 24.5 Å². The van der Waals surface area contributed by atoms with E-state index < -0.39 is 0 Å². The topological polar surface area (TPSA) is 50.7 Å². The van der Waals surface area contributed by atoms with Gasteiger partial charge in [-0.15, -0.1) is 0 Å². The monoisotopic (exact) mass is 406 g/mol. The van der Waals surface area contributed by atoms with Gasteiger partial charge in [0.25, 0.3) is 0 Å². The van der Waals surface area contributed by atoms with Crippen LogP contribution in [0.4, 0.5) is 10.1 Å². The fourth-order valence-electron chi connectivity index (χ4n) is 3.22. The molecule has 2 aromatic heterocycles. The maximum atomic E-state index is 13.0. The van der Waals surface area contributed by atoms with Crippen molar-refractivity contribution in [2.45, 2.75) is 19.3 Å². The minimum atomic E-state index is -0.227. The average molecular weight is 407 g/mol. The summed E-state index contributed by atoms with van der Waals surface area (Å²) in [4.78, 5) is 13.4. The predicted octanol–water partition coefficient (Wildman–Crippen LogP) is 5.45. The van der Waals surface area contributed by atoms with Crippen molar-refractivity contribution in [1.82, 2.24) is 15.0 Å². The molecule has 0 aliphatic carbocycles. The van der Waals surface area contributed by atoms with Crippen molar-refractivity contribution in [3.63, 3.8) is 0 Å². The van der Waals surface area contributed by atoms with Crippen LogP contribution in [0.2, 0.25) is 5.02 Å². The van der Waals surface area contributed by atoms with Crippen LogP contribution in [0.5, 0.6) is 0 Å². The second-order valence-corrected chi connectivity index (χ2v) is 7.25. The van der Waals surface area contributed by atoms with Gasteiger partial charge in [-0.3, -0.25) is 4.98 Å². The maximum Gasteiger partial charge on any atom is 0.128 e. The average Bonchev–Trinajstić information content (AvgIpc) is 2.73. The molecule has 146 valence electrons. The number of rotatable bonds is 7. The van der Waals surface area contributed by atoms with Crippen molar-refractivity contribution in [3.05, 3.63) is 94.9 Å². The molecule has 1 N–H and O–H groups in total. The summed E-state index contributed by atoms with van der Waals surface area (Å²) >= 11 is 6.05. The molecule has 0 saturated carbocycles. The Morgan fingerprint density at radius 3 is 2.62 bits per heavy atom. The zero-order valence-corrected chi connectivity index (χ0v) is 16.5. The Labute approximate surface area is 173 Å². The van der Waals surface area contributed by atoms with Crippen LogP contribution in [-0.4, -0.2) is 21.5 Å². The molecule has 0 fully saturated rings. The zero-order chi connectivity index (χ0) is 20.1. The van der Waals surface area contributed by atoms with Gasteiger partial charge in [0, 0.05) is 53.6 Å². The highest BCUT2D eigenvalue weighted by atomic mass is 35.5. The SMILES string of the molecule is Fc1ccc(Cc2ccnc(CCCNc3ccnc4cc(Cl)ccc34)n2)cc1. The van der Waals surface area contributed by atoms with Gasteiger partial charge >= 0.3 is 0 Å². The molecule has 29 heavy (non-hydrogen) atoms. The van der Waals surface area contributed by atoms with E-state index in [9.17, 15) is 4.39 Å². The first-order valence-electron chi connectivity index (χ1n) is 9.51. The van der Waals surface area contributed by atoms with Crippen molar-refractivity contribution >= 4 is 28.2 Å². The molecule has 0 bridgehead atoms. The normalized spacial score (nSPS) is 11.0. The smallest absolute Gasteiger partial charge is 0.128 e. The Balaban J connectivity index is 1.34. The van der Waals surface area contributed by atoms with Crippen LogP contribution in [0.1, 0.15) is 23.5 Å². The van der Waals surface area contributed by atoms with E-state index in [1.807, 2.05) is 30.3 Å². The summed E-state index contributed by atoms with van der Waals surface area (Å²) in [6.45, 7) is 0.799. The molecule has 0 spiro atoms. The molecule has 0 amide bonds. The van der Waals surface area contributed by atoms with Gasteiger partial charge in [-0.1, -0.05) is 23.7 Å². The number of hydrogen-bond donors (Lipinski definition) is 1. The van der Waals surface area contributed by atoms with Gasteiger partial charge in [0.2, 0.25) is 0 Å². The van der Waals surface area contributed by atoms with Crippen LogP contribution in [-0.2, 0) is 12.8 Å². The first-order valence-corrected chi connectivity index (χ1v) is 9.88. The number of benzene rings is 2. The van der Waals surface area contributed by atoms with Crippen LogP contribution in [0.15, 0.2) is 67.0 Å². The first-order chi connectivity index (χ1) is 14.2. The van der Waals surface area contributed by atoms with E-state index in [4.69, 9.17) is 11.6 Å². The van der Waals surface area contributed by atoms with Crippen LogP contribution < -0.4 is 5.32 Å². The second-order valence-electron chi connectivity index (χ2n) is 6.82. The van der Waals surface area contributed by atoms with E-state index in [1.165, 1.54) is 12.1 Å². The minimum Gasteiger partial charge on any atom is -0.384 e. The molecular formula is C23H20ClFN4. The third-order valence-corrected chi connectivity index (χ3v) is 4.89. The summed E-state index contributed by atoms with van der Waals surface area (Å²) < 4.78 is 13.0. The number of aromatic nitrogens is 3. The number of aryl methyl sites for hydroxylation is 1. The standard InChI is InChI=1S/C23H20ClFN4/c24-17-5-8-20-21(10-13-27-22(20)15-17)26-11-1-2-23-28-12-9-19(29-23)14-16-3-6-18(25)7-4-16/h3-10,12-13,15H,1-2,11,14H2,(H,26,27). The van der Waals surface area contributed by atoms with Crippen LogP contribution in [0.25, 0.3) is 10.9 Å². The Hall–Kier alpha value is -3.05. The van der Waals surface area contributed by atoms with E-state index >= 15 is 0 Å².